The van der Waals surface area contributed by atoms with Crippen molar-refractivity contribution in [1.82, 2.24) is 5.32 Å². The van der Waals surface area contributed by atoms with Crippen molar-refractivity contribution in [2.75, 3.05) is 19.0 Å². The first-order chi connectivity index (χ1) is 16.1. The zero-order valence-corrected chi connectivity index (χ0v) is 23.3. The molecule has 1 rings (SSSR count). The van der Waals surface area contributed by atoms with E-state index in [1.165, 1.54) is 25.7 Å². The highest BCUT2D eigenvalue weighted by molar-refractivity contribution is 5.98. The number of hydrogen-bond acceptors (Lipinski definition) is 6. The van der Waals surface area contributed by atoms with Crippen molar-refractivity contribution in [2.45, 2.75) is 94.2 Å². The number of nitrogens with two attached hydrogens (primary N) is 1. The summed E-state index contributed by atoms with van der Waals surface area (Å²) in [4.78, 5) is 32.8. The van der Waals surface area contributed by atoms with Crippen LogP contribution >= 0.6 is 0 Å². The monoisotopic (exact) mass is 485 g/mol. The number of methoxy groups -OCH3 is 1. The van der Waals surface area contributed by atoms with Gasteiger partial charge in [0.05, 0.1) is 24.5 Å². The third-order valence-electron chi connectivity index (χ3n) is 3.31. The topological polar surface area (TPSA) is 131 Å². The Hall–Kier alpha value is -2.45. The van der Waals surface area contributed by atoms with Crippen LogP contribution in [0.25, 0.3) is 0 Å². The molecule has 200 valence electrons. The van der Waals surface area contributed by atoms with Gasteiger partial charge in [-0.2, -0.15) is 0 Å². The third-order valence-corrected chi connectivity index (χ3v) is 3.31. The lowest BCUT2D eigenvalue weighted by Crippen LogP contribution is -2.30. The van der Waals surface area contributed by atoms with E-state index in [9.17, 15) is 19.5 Å². The molecule has 1 unspecified atom stereocenters. The van der Waals surface area contributed by atoms with Crippen molar-refractivity contribution in [3.8, 4) is 0 Å². The lowest BCUT2D eigenvalue weighted by Gasteiger charge is -2.12. The first kappa shape index (κ1) is 38.8. The molecular formula is C26H51N3O5. The predicted octanol–water partition coefficient (Wildman–Crippen LogP) is 5.06. The largest absolute Gasteiger partial charge is 0.465 e. The molecular weight excluding hydrogens is 434 g/mol. The summed E-state index contributed by atoms with van der Waals surface area (Å²) in [7, 11) is 1.24. The molecule has 0 aliphatic carbocycles. The Kier molecular flexibility index (Phi) is 30.6. The van der Waals surface area contributed by atoms with E-state index in [1.807, 2.05) is 55.4 Å². The predicted molar refractivity (Wildman–Crippen MR) is 143 cm³/mol. The number of carbonyl (C=O) groups excluding carboxylic acids is 3. The molecule has 0 fully saturated rings. The summed E-state index contributed by atoms with van der Waals surface area (Å²) in [5, 5.41) is 14.8. The second-order valence-electron chi connectivity index (χ2n) is 7.34. The first-order valence-electron chi connectivity index (χ1n) is 12.2. The summed E-state index contributed by atoms with van der Waals surface area (Å²) >= 11 is 0. The second kappa shape index (κ2) is 26.8. The first-order valence-corrected chi connectivity index (χ1v) is 12.2. The number of anilines is 1. The van der Waals surface area contributed by atoms with Crippen molar-refractivity contribution in [2.24, 2.45) is 11.7 Å². The van der Waals surface area contributed by atoms with E-state index in [2.05, 4.69) is 29.2 Å². The number of hydrogen-bond donors (Lipinski definition) is 4. The van der Waals surface area contributed by atoms with E-state index in [1.54, 1.807) is 6.07 Å². The van der Waals surface area contributed by atoms with Crippen molar-refractivity contribution in [1.29, 1.82) is 0 Å². The molecule has 1 atom stereocenters. The number of carbonyl (C=O) groups is 3. The maximum absolute atomic E-state index is 11.5. The van der Waals surface area contributed by atoms with E-state index >= 15 is 0 Å². The SMILES string of the molecule is CC.CC.CC(C)CC(=O)NC(C)C.CCC.COC(=O)c1cc(C(O)CN)ccc1NC=O. The number of benzene rings is 1. The van der Waals surface area contributed by atoms with E-state index in [4.69, 9.17) is 5.73 Å². The fourth-order valence-corrected chi connectivity index (χ4v) is 2.13. The van der Waals surface area contributed by atoms with Crippen LogP contribution in [0.3, 0.4) is 0 Å². The lowest BCUT2D eigenvalue weighted by molar-refractivity contribution is -0.122. The molecule has 0 aromatic heterocycles. The molecule has 0 radical (unpaired) electrons. The molecule has 8 nitrogen and oxygen atoms in total. The van der Waals surface area contributed by atoms with Gasteiger partial charge in [0.1, 0.15) is 0 Å². The van der Waals surface area contributed by atoms with Crippen LogP contribution < -0.4 is 16.4 Å². The average molecular weight is 486 g/mol. The number of aliphatic hydroxyl groups is 1. The van der Waals surface area contributed by atoms with Gasteiger partial charge in [0.2, 0.25) is 12.3 Å². The summed E-state index contributed by atoms with van der Waals surface area (Å²) in [5.41, 5.74) is 6.30. The average Bonchev–Trinajstić information content (AvgIpc) is 2.81. The maximum Gasteiger partial charge on any atom is 0.339 e. The smallest absolute Gasteiger partial charge is 0.339 e. The molecule has 0 saturated carbocycles. The van der Waals surface area contributed by atoms with Gasteiger partial charge >= 0.3 is 5.97 Å². The molecule has 0 bridgehead atoms. The summed E-state index contributed by atoms with van der Waals surface area (Å²) in [6.45, 7) is 20.3. The van der Waals surface area contributed by atoms with Crippen LogP contribution in [-0.2, 0) is 14.3 Å². The number of amides is 2. The summed E-state index contributed by atoms with van der Waals surface area (Å²) < 4.78 is 4.58. The van der Waals surface area contributed by atoms with E-state index < -0.39 is 12.1 Å². The van der Waals surface area contributed by atoms with Crippen LogP contribution in [0.5, 0.6) is 0 Å². The van der Waals surface area contributed by atoms with Gasteiger partial charge in [-0.05, 0) is 37.5 Å². The van der Waals surface area contributed by atoms with Crippen LogP contribution in [0.2, 0.25) is 0 Å². The quantitative estimate of drug-likeness (QED) is 0.301. The minimum atomic E-state index is -0.858. The van der Waals surface area contributed by atoms with Gasteiger partial charge in [0, 0.05) is 19.0 Å². The van der Waals surface area contributed by atoms with Gasteiger partial charge in [0.15, 0.2) is 0 Å². The van der Waals surface area contributed by atoms with Crippen LogP contribution in [0.15, 0.2) is 18.2 Å². The Labute approximate surface area is 208 Å². The van der Waals surface area contributed by atoms with Gasteiger partial charge in [-0.3, -0.25) is 9.59 Å². The molecule has 8 heteroatoms. The van der Waals surface area contributed by atoms with Crippen molar-refractivity contribution in [3.05, 3.63) is 29.3 Å². The van der Waals surface area contributed by atoms with Gasteiger partial charge in [-0.1, -0.05) is 67.9 Å². The Bertz CT molecular complexity index is 623. The Balaban J connectivity index is -0.000000225. The molecule has 0 saturated heterocycles. The third kappa shape index (κ3) is 21.4. The second-order valence-corrected chi connectivity index (χ2v) is 7.34. The number of rotatable bonds is 8. The number of nitrogens with one attached hydrogen (secondary N) is 2. The van der Waals surface area contributed by atoms with Gasteiger partial charge in [-0.15, -0.1) is 0 Å². The minimum absolute atomic E-state index is 0.0427. The van der Waals surface area contributed by atoms with Crippen LogP contribution in [0.4, 0.5) is 5.69 Å². The van der Waals surface area contributed by atoms with E-state index in [0.717, 1.165) is 0 Å². The van der Waals surface area contributed by atoms with Crippen molar-refractivity contribution < 1.29 is 24.2 Å². The Morgan fingerprint density at radius 2 is 1.59 bits per heavy atom. The Morgan fingerprint density at radius 3 is 1.94 bits per heavy atom. The molecule has 1 aromatic carbocycles. The van der Waals surface area contributed by atoms with Crippen LogP contribution in [0, 0.1) is 5.92 Å². The maximum atomic E-state index is 11.5. The highest BCUT2D eigenvalue weighted by Gasteiger charge is 2.15. The van der Waals surface area contributed by atoms with Gasteiger partial charge < -0.3 is 26.2 Å². The number of esters is 1. The fraction of sp³-hybridized carbons (Fsp3) is 0.654. The highest BCUT2D eigenvalue weighted by Crippen LogP contribution is 2.21. The molecule has 0 aliphatic rings. The van der Waals surface area contributed by atoms with E-state index in [-0.39, 0.29) is 24.1 Å². The molecule has 0 aliphatic heterocycles. The zero-order chi connectivity index (χ0) is 27.7. The van der Waals surface area contributed by atoms with Gasteiger partial charge in [0.25, 0.3) is 0 Å². The summed E-state index contributed by atoms with van der Waals surface area (Å²) in [6, 6.07) is 4.80. The van der Waals surface area contributed by atoms with Crippen LogP contribution in [-0.4, -0.2) is 43.1 Å². The number of aliphatic hydroxyl groups excluding tert-OH is 1. The standard InChI is InChI=1S/C11H14N2O4.C8H17NO.C3H8.2C2H6/c1-17-11(16)8-4-7(10(15)5-12)2-3-9(8)13-6-14;1-6(2)5-8(10)9-7(3)4;1-3-2;2*1-2/h2-4,6,10,15H,5,12H2,1H3,(H,13,14);6-7H,5H2,1-4H3,(H,9,10);3H2,1-2H3;2*1-2H3. The Morgan fingerprint density at radius 1 is 1.09 bits per heavy atom. The summed E-state index contributed by atoms with van der Waals surface area (Å²) in [6.07, 6.45) is 1.49. The molecule has 5 N–H and O–H groups in total. The van der Waals surface area contributed by atoms with Crippen LogP contribution in [0.1, 0.15) is 104 Å². The van der Waals surface area contributed by atoms with Crippen molar-refractivity contribution >= 4 is 24.0 Å². The highest BCUT2D eigenvalue weighted by atomic mass is 16.5. The summed E-state index contributed by atoms with van der Waals surface area (Å²) in [5.74, 6) is 0.0178. The normalized spacial score (nSPS) is 9.85. The minimum Gasteiger partial charge on any atom is -0.465 e. The molecule has 0 spiro atoms. The van der Waals surface area contributed by atoms with E-state index in [0.29, 0.717) is 30.0 Å². The number of ether oxygens (including phenoxy) is 1. The fourth-order valence-electron chi connectivity index (χ4n) is 2.13. The molecule has 34 heavy (non-hydrogen) atoms. The zero-order valence-electron chi connectivity index (χ0n) is 23.3. The molecule has 1 aromatic rings. The van der Waals surface area contributed by atoms with Crippen molar-refractivity contribution in [3.63, 3.8) is 0 Å². The van der Waals surface area contributed by atoms with Gasteiger partial charge in [-0.25, -0.2) is 4.79 Å². The molecule has 0 heterocycles. The lowest BCUT2D eigenvalue weighted by atomic mass is 10.0. The molecule has 2 amide bonds.